The third-order valence-corrected chi connectivity index (χ3v) is 7.08. The monoisotopic (exact) mass is 397 g/mol. The van der Waals surface area contributed by atoms with Crippen molar-refractivity contribution in [3.05, 3.63) is 35.9 Å². The Hall–Kier alpha value is -2.34. The van der Waals surface area contributed by atoms with Gasteiger partial charge in [0.15, 0.2) is 0 Å². The quantitative estimate of drug-likeness (QED) is 0.464. The number of nitrogens with one attached hydrogen (secondary N) is 1. The van der Waals surface area contributed by atoms with E-state index >= 15 is 0 Å². The minimum absolute atomic E-state index is 0.00384. The lowest BCUT2D eigenvalue weighted by Gasteiger charge is -2.55. The molecule has 0 unspecified atom stereocenters. The van der Waals surface area contributed by atoms with Gasteiger partial charge in [0.1, 0.15) is 0 Å². The lowest BCUT2D eigenvalue weighted by atomic mass is 9.73. The summed E-state index contributed by atoms with van der Waals surface area (Å²) in [7, 11) is 0. The van der Waals surface area contributed by atoms with Crippen LogP contribution in [0, 0.1) is 5.41 Å². The Morgan fingerprint density at radius 1 is 1.07 bits per heavy atom. The van der Waals surface area contributed by atoms with Gasteiger partial charge in [-0.25, -0.2) is 5.48 Å². The molecule has 1 aromatic carbocycles. The largest absolute Gasteiger partial charge is 0.362 e. The second-order valence-corrected chi connectivity index (χ2v) is 9.13. The molecule has 0 bridgehead atoms. The molecule has 0 radical (unpaired) electrons. The van der Waals surface area contributed by atoms with Gasteiger partial charge in [0.05, 0.1) is 5.54 Å². The fraction of sp³-hybridized carbons (Fsp3) is 0.565. The van der Waals surface area contributed by atoms with Crippen LogP contribution in [0.4, 0.5) is 5.69 Å². The summed E-state index contributed by atoms with van der Waals surface area (Å²) in [6, 6.07) is 8.02. The van der Waals surface area contributed by atoms with E-state index in [9.17, 15) is 9.59 Å². The molecule has 2 aliphatic heterocycles. The van der Waals surface area contributed by atoms with Crippen LogP contribution >= 0.6 is 0 Å². The van der Waals surface area contributed by atoms with Crippen molar-refractivity contribution in [2.24, 2.45) is 5.41 Å². The number of amides is 2. The molecule has 0 atom stereocenters. The van der Waals surface area contributed by atoms with Crippen LogP contribution in [-0.2, 0) is 9.59 Å². The Morgan fingerprint density at radius 2 is 1.79 bits per heavy atom. The van der Waals surface area contributed by atoms with Crippen LogP contribution < -0.4 is 10.4 Å². The summed E-state index contributed by atoms with van der Waals surface area (Å²) < 4.78 is 0. The zero-order valence-corrected chi connectivity index (χ0v) is 17.2. The van der Waals surface area contributed by atoms with Gasteiger partial charge in [-0.2, -0.15) is 0 Å². The van der Waals surface area contributed by atoms with Crippen molar-refractivity contribution in [3.8, 4) is 0 Å². The first-order valence-corrected chi connectivity index (χ1v) is 10.8. The van der Waals surface area contributed by atoms with Gasteiger partial charge in [-0.3, -0.25) is 14.8 Å². The van der Waals surface area contributed by atoms with E-state index < -0.39 is 5.91 Å². The summed E-state index contributed by atoms with van der Waals surface area (Å²) in [5.41, 5.74) is 3.49. The highest BCUT2D eigenvalue weighted by atomic mass is 16.5. The Morgan fingerprint density at radius 3 is 2.52 bits per heavy atom. The molecule has 2 saturated heterocycles. The van der Waals surface area contributed by atoms with Gasteiger partial charge in [0, 0.05) is 36.8 Å². The van der Waals surface area contributed by atoms with E-state index in [1.807, 2.05) is 18.2 Å². The van der Waals surface area contributed by atoms with Gasteiger partial charge >= 0.3 is 0 Å². The molecule has 2 heterocycles. The van der Waals surface area contributed by atoms with E-state index in [2.05, 4.69) is 22.8 Å². The summed E-state index contributed by atoms with van der Waals surface area (Å²) in [6.07, 6.45) is 10.9. The number of carbonyl (C=O) groups is 2. The molecule has 1 spiro atoms. The number of carbonyl (C=O) groups excluding carboxylic acids is 2. The predicted octanol–water partition coefficient (Wildman–Crippen LogP) is 3.36. The number of rotatable bonds is 4. The van der Waals surface area contributed by atoms with Crippen molar-refractivity contribution in [2.75, 3.05) is 24.5 Å². The van der Waals surface area contributed by atoms with Gasteiger partial charge < -0.3 is 9.80 Å². The van der Waals surface area contributed by atoms with Crippen LogP contribution in [0.25, 0.3) is 6.08 Å². The second-order valence-electron chi connectivity index (χ2n) is 9.13. The molecular formula is C23H31N3O3. The fourth-order valence-electron chi connectivity index (χ4n) is 5.46. The number of hydrogen-bond acceptors (Lipinski definition) is 4. The first-order chi connectivity index (χ1) is 14.0. The Bertz CT molecular complexity index is 807. The molecule has 2 N–H and O–H groups in total. The van der Waals surface area contributed by atoms with E-state index in [4.69, 9.17) is 5.21 Å². The Balaban J connectivity index is 1.51. The maximum atomic E-state index is 13.2. The van der Waals surface area contributed by atoms with Crippen molar-refractivity contribution < 1.29 is 14.8 Å². The number of benzene rings is 1. The molecule has 1 saturated carbocycles. The predicted molar refractivity (Wildman–Crippen MR) is 112 cm³/mol. The van der Waals surface area contributed by atoms with Gasteiger partial charge in [-0.1, -0.05) is 44.4 Å². The molecule has 29 heavy (non-hydrogen) atoms. The molecule has 6 heteroatoms. The summed E-state index contributed by atoms with van der Waals surface area (Å²) in [5.74, 6) is -0.209. The molecule has 156 valence electrons. The topological polar surface area (TPSA) is 72.9 Å². The highest BCUT2D eigenvalue weighted by Crippen LogP contribution is 2.45. The number of nitrogens with zero attached hydrogens (tertiary/aromatic N) is 2. The average molecular weight is 398 g/mol. The van der Waals surface area contributed by atoms with Crippen molar-refractivity contribution in [2.45, 2.75) is 57.4 Å². The average Bonchev–Trinajstić information content (AvgIpc) is 3.16. The smallest absolute Gasteiger partial charge is 0.267 e. The van der Waals surface area contributed by atoms with Gasteiger partial charge in [-0.05, 0) is 43.4 Å². The second kappa shape index (κ2) is 7.82. The maximum absolute atomic E-state index is 13.2. The number of anilines is 1. The van der Waals surface area contributed by atoms with Crippen LogP contribution in [0.2, 0.25) is 0 Å². The van der Waals surface area contributed by atoms with Crippen molar-refractivity contribution in [1.29, 1.82) is 0 Å². The van der Waals surface area contributed by atoms with E-state index in [1.165, 1.54) is 12.5 Å². The molecule has 6 nitrogen and oxygen atoms in total. The number of likely N-dealkylation sites (tertiary alicyclic amines) is 1. The summed E-state index contributed by atoms with van der Waals surface area (Å²) in [4.78, 5) is 29.1. The molecule has 3 fully saturated rings. The van der Waals surface area contributed by atoms with Gasteiger partial charge in [-0.15, -0.1) is 0 Å². The highest BCUT2D eigenvalue weighted by Gasteiger charge is 2.54. The van der Waals surface area contributed by atoms with Crippen molar-refractivity contribution in [1.82, 2.24) is 10.4 Å². The molecule has 3 aliphatic rings. The van der Waals surface area contributed by atoms with Crippen LogP contribution in [0.3, 0.4) is 0 Å². The van der Waals surface area contributed by atoms with Crippen LogP contribution in [0.1, 0.15) is 57.4 Å². The zero-order chi connectivity index (χ0) is 20.5. The lowest BCUT2D eigenvalue weighted by Crippen LogP contribution is -2.70. The SMILES string of the molecule is CC1(C(=O)N2CC3(CCCN3c3ccccc3C=CC(=O)NO)C2)CCCCC1. The molecular weight excluding hydrogens is 366 g/mol. The Labute approximate surface area is 172 Å². The molecule has 1 aliphatic carbocycles. The number of hydroxylamine groups is 1. The standard InChI is InChI=1S/C23H31N3O3/c1-22(12-5-2-6-13-22)21(28)25-16-23(17-25)14-7-15-26(23)19-9-4-3-8-18(19)10-11-20(27)24-29/h3-4,8-11,29H,2,5-7,12-17H2,1H3,(H,24,27). The van der Waals surface area contributed by atoms with Crippen molar-refractivity contribution >= 4 is 23.6 Å². The minimum atomic E-state index is -0.544. The number of para-hydroxylation sites is 1. The summed E-state index contributed by atoms with van der Waals surface area (Å²) in [6.45, 7) is 4.68. The molecule has 1 aromatic rings. The van der Waals surface area contributed by atoms with E-state index in [0.29, 0.717) is 5.91 Å². The Kier molecular flexibility index (Phi) is 5.38. The molecule has 0 aromatic heterocycles. The fourth-order valence-corrected chi connectivity index (χ4v) is 5.46. The van der Waals surface area contributed by atoms with Gasteiger partial charge in [0.25, 0.3) is 5.91 Å². The van der Waals surface area contributed by atoms with E-state index in [0.717, 1.165) is 69.4 Å². The van der Waals surface area contributed by atoms with Crippen LogP contribution in [0.15, 0.2) is 30.3 Å². The van der Waals surface area contributed by atoms with Gasteiger partial charge in [0.2, 0.25) is 5.91 Å². The zero-order valence-electron chi connectivity index (χ0n) is 17.2. The highest BCUT2D eigenvalue weighted by molar-refractivity contribution is 5.92. The van der Waals surface area contributed by atoms with E-state index in [1.54, 1.807) is 11.6 Å². The van der Waals surface area contributed by atoms with Crippen LogP contribution in [-0.4, -0.2) is 47.1 Å². The third kappa shape index (κ3) is 3.66. The summed E-state index contributed by atoms with van der Waals surface area (Å²) >= 11 is 0. The first kappa shape index (κ1) is 20.0. The van der Waals surface area contributed by atoms with Crippen LogP contribution in [0.5, 0.6) is 0 Å². The van der Waals surface area contributed by atoms with Crippen molar-refractivity contribution in [3.63, 3.8) is 0 Å². The minimum Gasteiger partial charge on any atom is -0.362 e. The number of hydrogen-bond donors (Lipinski definition) is 2. The maximum Gasteiger partial charge on any atom is 0.267 e. The molecule has 2 amide bonds. The van der Waals surface area contributed by atoms with E-state index in [-0.39, 0.29) is 11.0 Å². The normalized spacial score (nSPS) is 22.7. The molecule has 4 rings (SSSR count). The summed E-state index contributed by atoms with van der Waals surface area (Å²) in [5, 5.41) is 8.73. The first-order valence-electron chi connectivity index (χ1n) is 10.8. The lowest BCUT2D eigenvalue weighted by molar-refractivity contribution is -0.150. The third-order valence-electron chi connectivity index (χ3n) is 7.08.